The van der Waals surface area contributed by atoms with Gasteiger partial charge in [0.05, 0.1) is 5.52 Å². The van der Waals surface area contributed by atoms with Crippen molar-refractivity contribution in [2.45, 2.75) is 6.42 Å². The highest BCUT2D eigenvalue weighted by Gasteiger charge is 2.02. The highest BCUT2D eigenvalue weighted by atomic mass is 127. The van der Waals surface area contributed by atoms with Gasteiger partial charge < -0.3 is 24.9 Å². The average Bonchev–Trinajstić information content (AvgIpc) is 2.41. The van der Waals surface area contributed by atoms with Gasteiger partial charge in [0, 0.05) is 27.4 Å². The molecular formula is C14H21IN3O4P. The first-order valence-electron chi connectivity index (χ1n) is 6.88. The third-order valence-electron chi connectivity index (χ3n) is 2.80. The maximum absolute atomic E-state index is 8.88. The molecule has 23 heavy (non-hydrogen) atoms. The van der Waals surface area contributed by atoms with E-state index >= 15 is 0 Å². The van der Waals surface area contributed by atoms with Gasteiger partial charge in [-0.15, -0.1) is 0 Å². The number of nitrogens with one attached hydrogen (secondary N) is 1. The number of rotatable bonds is 5. The molecule has 0 saturated carbocycles. The molecule has 0 aliphatic heterocycles. The van der Waals surface area contributed by atoms with Crippen LogP contribution in [-0.2, 0) is 4.57 Å². The van der Waals surface area contributed by atoms with Gasteiger partial charge in [-0.2, -0.15) is 0 Å². The zero-order chi connectivity index (χ0) is 17.5. The molecule has 0 saturated heterocycles. The number of hydrogen-bond acceptors (Lipinski definition) is 4. The molecule has 0 atom stereocenters. The summed E-state index contributed by atoms with van der Waals surface area (Å²) in [5.74, 6) is 0. The Bertz CT molecular complexity index is 670. The van der Waals surface area contributed by atoms with Crippen LogP contribution in [0.5, 0.6) is 0 Å². The van der Waals surface area contributed by atoms with E-state index in [-0.39, 0.29) is 0 Å². The normalized spacial score (nSPS) is 11.3. The number of aromatic nitrogens is 1. The lowest BCUT2D eigenvalue weighted by molar-refractivity contribution is 0.275. The summed E-state index contributed by atoms with van der Waals surface area (Å²) in [5, 5.41) is 4.69. The van der Waals surface area contributed by atoms with Crippen molar-refractivity contribution in [2.24, 2.45) is 0 Å². The number of anilines is 1. The lowest BCUT2D eigenvalue weighted by Crippen LogP contribution is -2.16. The number of phosphoric acid groups is 1. The molecule has 0 bridgehead atoms. The van der Waals surface area contributed by atoms with Gasteiger partial charge in [0.2, 0.25) is 0 Å². The summed E-state index contributed by atoms with van der Waals surface area (Å²) in [5.41, 5.74) is 2.23. The van der Waals surface area contributed by atoms with Crippen molar-refractivity contribution in [3.63, 3.8) is 0 Å². The van der Waals surface area contributed by atoms with Gasteiger partial charge in [0.1, 0.15) is 0 Å². The molecule has 0 aliphatic rings. The van der Waals surface area contributed by atoms with Gasteiger partial charge >= 0.3 is 7.82 Å². The molecule has 0 radical (unpaired) electrons. The minimum atomic E-state index is -4.64. The summed E-state index contributed by atoms with van der Waals surface area (Å²) in [6, 6.07) is 8.42. The fourth-order valence-electron chi connectivity index (χ4n) is 1.89. The minimum absolute atomic E-state index is 0.989. The molecule has 2 rings (SSSR count). The van der Waals surface area contributed by atoms with Crippen LogP contribution in [0.3, 0.4) is 0 Å². The Labute approximate surface area is 149 Å². The fourth-order valence-corrected chi connectivity index (χ4v) is 2.37. The number of halogens is 1. The van der Waals surface area contributed by atoms with E-state index in [1.165, 1.54) is 14.6 Å². The number of nitrogens with zero attached hydrogens (tertiary/aromatic N) is 2. The maximum atomic E-state index is 8.88. The Morgan fingerprint density at radius 3 is 2.52 bits per heavy atom. The van der Waals surface area contributed by atoms with Crippen molar-refractivity contribution in [3.8, 4) is 0 Å². The summed E-state index contributed by atoms with van der Waals surface area (Å²) >= 11 is 2.32. The molecule has 7 nitrogen and oxygen atoms in total. The van der Waals surface area contributed by atoms with Gasteiger partial charge in [0.25, 0.3) is 0 Å². The molecule has 1 aromatic heterocycles. The number of pyridine rings is 1. The molecule has 1 aromatic carbocycles. The molecule has 9 heteroatoms. The summed E-state index contributed by atoms with van der Waals surface area (Å²) in [6.45, 7) is 2.09. The van der Waals surface area contributed by atoms with Gasteiger partial charge in [-0.1, -0.05) is 0 Å². The van der Waals surface area contributed by atoms with Crippen LogP contribution in [0.15, 0.2) is 30.5 Å². The molecule has 0 amide bonds. The third kappa shape index (κ3) is 9.19. The first-order valence-corrected chi connectivity index (χ1v) is 9.52. The van der Waals surface area contributed by atoms with Gasteiger partial charge in [-0.3, -0.25) is 4.98 Å². The van der Waals surface area contributed by atoms with Crippen LogP contribution in [-0.4, -0.2) is 51.7 Å². The van der Waals surface area contributed by atoms with Crippen LogP contribution in [0.4, 0.5) is 5.69 Å². The van der Waals surface area contributed by atoms with Crippen molar-refractivity contribution in [1.82, 2.24) is 9.88 Å². The molecule has 0 fully saturated rings. The monoisotopic (exact) mass is 453 g/mol. The molecular weight excluding hydrogens is 432 g/mol. The quantitative estimate of drug-likeness (QED) is 0.313. The molecule has 0 aliphatic carbocycles. The zero-order valence-electron chi connectivity index (χ0n) is 13.0. The number of hydrogen-bond donors (Lipinski definition) is 4. The smallest absolute Gasteiger partial charge is 0.384 e. The highest BCUT2D eigenvalue weighted by Crippen LogP contribution is 2.26. The van der Waals surface area contributed by atoms with Crippen LogP contribution < -0.4 is 5.32 Å². The second-order valence-electron chi connectivity index (χ2n) is 5.12. The lowest BCUT2D eigenvalue weighted by atomic mass is 10.2. The van der Waals surface area contributed by atoms with Crippen LogP contribution in [0, 0.1) is 3.57 Å². The number of benzene rings is 1. The first-order chi connectivity index (χ1) is 10.7. The van der Waals surface area contributed by atoms with Crippen molar-refractivity contribution in [3.05, 3.63) is 34.0 Å². The topological polar surface area (TPSA) is 106 Å². The fraction of sp³-hybridized carbons (Fsp3) is 0.357. The molecule has 128 valence electrons. The van der Waals surface area contributed by atoms with Crippen LogP contribution in [0.2, 0.25) is 0 Å². The molecule has 1 heterocycles. The van der Waals surface area contributed by atoms with E-state index in [4.69, 9.17) is 19.2 Å². The summed E-state index contributed by atoms with van der Waals surface area (Å²) < 4.78 is 10.1. The van der Waals surface area contributed by atoms with E-state index < -0.39 is 7.82 Å². The molecule has 4 N–H and O–H groups in total. The van der Waals surface area contributed by atoms with Crippen LogP contribution >= 0.6 is 30.4 Å². The maximum Gasteiger partial charge on any atom is 0.466 e. The third-order valence-corrected chi connectivity index (χ3v) is 3.47. The van der Waals surface area contributed by atoms with E-state index in [1.807, 2.05) is 12.3 Å². The predicted molar refractivity (Wildman–Crippen MR) is 100 cm³/mol. The Morgan fingerprint density at radius 1 is 1.26 bits per heavy atom. The average molecular weight is 453 g/mol. The SMILES string of the molecule is CN(C)CCCNc1ccnc2cc(I)ccc12.O=P(O)(O)O. The second kappa shape index (κ2) is 9.51. The van der Waals surface area contributed by atoms with Gasteiger partial charge in [-0.25, -0.2) is 4.57 Å². The van der Waals surface area contributed by atoms with Gasteiger partial charge in [0.15, 0.2) is 0 Å². The Hall–Kier alpha value is -0.770. The lowest BCUT2D eigenvalue weighted by Gasteiger charge is -2.12. The highest BCUT2D eigenvalue weighted by molar-refractivity contribution is 14.1. The van der Waals surface area contributed by atoms with Crippen molar-refractivity contribution < 1.29 is 19.2 Å². The van der Waals surface area contributed by atoms with E-state index in [0.717, 1.165) is 25.0 Å². The first kappa shape index (κ1) is 20.3. The Morgan fingerprint density at radius 2 is 1.91 bits per heavy atom. The van der Waals surface area contributed by atoms with E-state index in [0.29, 0.717) is 0 Å². The predicted octanol–water partition coefficient (Wildman–Crippen LogP) is 2.27. The Balaban J connectivity index is 0.000000463. The van der Waals surface area contributed by atoms with Crippen molar-refractivity contribution in [2.75, 3.05) is 32.5 Å². The second-order valence-corrected chi connectivity index (χ2v) is 7.39. The zero-order valence-corrected chi connectivity index (χ0v) is 16.0. The molecule has 0 spiro atoms. The van der Waals surface area contributed by atoms with E-state index in [2.05, 4.69) is 70.1 Å². The minimum Gasteiger partial charge on any atom is -0.384 e. The van der Waals surface area contributed by atoms with Crippen molar-refractivity contribution in [1.29, 1.82) is 0 Å². The summed E-state index contributed by atoms with van der Waals surface area (Å²) in [7, 11) is -0.437. The molecule has 0 unspecified atom stereocenters. The molecule has 2 aromatic rings. The van der Waals surface area contributed by atoms with Crippen LogP contribution in [0.25, 0.3) is 10.9 Å². The summed E-state index contributed by atoms with van der Waals surface area (Å²) in [6.07, 6.45) is 3.01. The number of fused-ring (bicyclic) bond motifs is 1. The van der Waals surface area contributed by atoms with E-state index in [1.54, 1.807) is 0 Å². The van der Waals surface area contributed by atoms with Gasteiger partial charge in [-0.05, 0) is 73.9 Å². The van der Waals surface area contributed by atoms with Crippen molar-refractivity contribution >= 4 is 47.0 Å². The summed E-state index contributed by atoms with van der Waals surface area (Å²) in [4.78, 5) is 28.2. The Kier molecular flexibility index (Phi) is 8.38. The van der Waals surface area contributed by atoms with E-state index in [9.17, 15) is 0 Å². The largest absolute Gasteiger partial charge is 0.466 e. The standard InChI is InChI=1S/C14H18IN3.H3O4P/c1-18(2)9-3-7-16-13-6-8-17-14-10-11(15)4-5-12(13)14;1-5(2,3)4/h4-6,8,10H,3,7,9H2,1-2H3,(H,16,17);(H3,1,2,3,4). The van der Waals surface area contributed by atoms with Crippen LogP contribution in [0.1, 0.15) is 6.42 Å².